The number of hydrogen-bond acceptors (Lipinski definition) is 6. The zero-order valence-corrected chi connectivity index (χ0v) is 18.4. The van der Waals surface area contributed by atoms with Gasteiger partial charge in [0.25, 0.3) is 11.6 Å². The van der Waals surface area contributed by atoms with Crippen LogP contribution < -0.4 is 10.2 Å². The second-order valence-corrected chi connectivity index (χ2v) is 8.56. The van der Waals surface area contributed by atoms with Crippen LogP contribution in [0.5, 0.6) is 0 Å². The fourth-order valence-electron chi connectivity index (χ4n) is 3.48. The topological polar surface area (TPSA) is 78.7 Å². The molecule has 0 bridgehead atoms. The number of anilines is 3. The van der Waals surface area contributed by atoms with Crippen LogP contribution in [0.3, 0.4) is 0 Å². The van der Waals surface area contributed by atoms with E-state index in [2.05, 4.69) is 26.1 Å². The molecule has 1 aliphatic heterocycles. The quantitative estimate of drug-likeness (QED) is 0.399. The summed E-state index contributed by atoms with van der Waals surface area (Å²) in [4.78, 5) is 28.5. The summed E-state index contributed by atoms with van der Waals surface area (Å²) in [6.07, 6.45) is 0. The van der Waals surface area contributed by atoms with Crippen LogP contribution in [0.4, 0.5) is 22.7 Å². The number of carbonyl (C=O) groups excluding carboxylic acids is 1. The number of carbonyl (C=O) groups is 1. The Hall–Kier alpha value is -2.91. The molecule has 0 unspecified atom stereocenters. The summed E-state index contributed by atoms with van der Waals surface area (Å²) in [7, 11) is 0. The molecule has 7 nitrogen and oxygen atoms in total. The Morgan fingerprint density at radius 1 is 1.00 bits per heavy atom. The Kier molecular flexibility index (Phi) is 6.01. The summed E-state index contributed by atoms with van der Waals surface area (Å²) < 4.78 is 0.832. The molecular formula is C21H19BrN4O3S. The van der Waals surface area contributed by atoms with Crippen molar-refractivity contribution >= 4 is 55.9 Å². The fourth-order valence-corrected chi connectivity index (χ4v) is 4.99. The molecule has 30 heavy (non-hydrogen) atoms. The van der Waals surface area contributed by atoms with Gasteiger partial charge in [0.1, 0.15) is 10.6 Å². The van der Waals surface area contributed by atoms with Crippen LogP contribution in [0.25, 0.3) is 0 Å². The van der Waals surface area contributed by atoms with Crippen molar-refractivity contribution in [1.29, 1.82) is 0 Å². The van der Waals surface area contributed by atoms with Crippen LogP contribution in [0.1, 0.15) is 9.67 Å². The maximum Gasteiger partial charge on any atom is 0.292 e. The van der Waals surface area contributed by atoms with Crippen LogP contribution in [0, 0.1) is 10.1 Å². The molecule has 9 heteroatoms. The number of hydrogen-bond donors (Lipinski definition) is 1. The SMILES string of the molecule is O=C(c1sccc1Br)N1CCN(c2ccccc2Nc2ccccc2[N+](=O)[O-])CC1. The Bertz CT molecular complexity index is 1080. The normalized spacial score (nSPS) is 13.9. The third-order valence-electron chi connectivity index (χ3n) is 4.99. The molecule has 0 saturated carbocycles. The Balaban J connectivity index is 1.50. The van der Waals surface area contributed by atoms with E-state index in [-0.39, 0.29) is 11.6 Å². The van der Waals surface area contributed by atoms with Gasteiger partial charge >= 0.3 is 0 Å². The average Bonchev–Trinajstić information content (AvgIpc) is 3.20. The third kappa shape index (κ3) is 4.17. The predicted octanol–water partition coefficient (Wildman–Crippen LogP) is 5.12. The molecule has 1 saturated heterocycles. The van der Waals surface area contributed by atoms with Gasteiger partial charge in [-0.15, -0.1) is 11.3 Å². The van der Waals surface area contributed by atoms with Crippen LogP contribution in [-0.4, -0.2) is 41.9 Å². The van der Waals surface area contributed by atoms with Gasteiger partial charge in [0, 0.05) is 36.7 Å². The highest BCUT2D eigenvalue weighted by atomic mass is 79.9. The summed E-state index contributed by atoms with van der Waals surface area (Å²) in [6, 6.07) is 16.2. The number of thiophene rings is 1. The molecule has 1 N–H and O–H groups in total. The highest BCUT2D eigenvalue weighted by Gasteiger charge is 2.25. The van der Waals surface area contributed by atoms with E-state index in [4.69, 9.17) is 0 Å². The summed E-state index contributed by atoms with van der Waals surface area (Å²) in [6.45, 7) is 2.60. The van der Waals surface area contributed by atoms with Gasteiger partial charge in [0.05, 0.1) is 16.3 Å². The molecule has 0 aliphatic carbocycles. The number of rotatable bonds is 5. The molecular weight excluding hydrogens is 468 g/mol. The maximum atomic E-state index is 12.7. The minimum absolute atomic E-state index is 0.0317. The van der Waals surface area contributed by atoms with E-state index in [1.165, 1.54) is 17.4 Å². The van der Waals surface area contributed by atoms with Crippen molar-refractivity contribution in [2.45, 2.75) is 0 Å². The number of benzene rings is 2. The summed E-state index contributed by atoms with van der Waals surface area (Å²) >= 11 is 4.87. The number of nitrogens with zero attached hydrogens (tertiary/aromatic N) is 3. The largest absolute Gasteiger partial charge is 0.366 e. The number of nitrogens with one attached hydrogen (secondary N) is 1. The first kappa shape index (κ1) is 20.4. The monoisotopic (exact) mass is 486 g/mol. The van der Waals surface area contributed by atoms with Crippen molar-refractivity contribution in [2.75, 3.05) is 36.4 Å². The lowest BCUT2D eigenvalue weighted by atomic mass is 10.2. The molecule has 0 atom stereocenters. The minimum Gasteiger partial charge on any atom is -0.366 e. The highest BCUT2D eigenvalue weighted by molar-refractivity contribution is 9.10. The number of nitro groups is 1. The molecule has 0 spiro atoms. The standard InChI is InChI=1S/C21H19BrN4O3S/c22-15-9-14-30-20(15)21(27)25-12-10-24(11-13-25)18-7-3-1-5-16(18)23-17-6-2-4-8-19(17)26(28)29/h1-9,14,23H,10-13H2. The third-order valence-corrected chi connectivity index (χ3v) is 6.82. The van der Waals surface area contributed by atoms with E-state index >= 15 is 0 Å². The van der Waals surface area contributed by atoms with Gasteiger partial charge in [0.2, 0.25) is 0 Å². The average molecular weight is 487 g/mol. The van der Waals surface area contributed by atoms with Gasteiger partial charge in [-0.25, -0.2) is 0 Å². The lowest BCUT2D eigenvalue weighted by Gasteiger charge is -2.37. The van der Waals surface area contributed by atoms with E-state index in [9.17, 15) is 14.9 Å². The van der Waals surface area contributed by atoms with Gasteiger partial charge in [-0.1, -0.05) is 24.3 Å². The van der Waals surface area contributed by atoms with Crippen LogP contribution in [0.15, 0.2) is 64.5 Å². The van der Waals surface area contributed by atoms with Crippen molar-refractivity contribution in [3.8, 4) is 0 Å². The number of halogens is 1. The molecule has 154 valence electrons. The molecule has 1 fully saturated rings. The van der Waals surface area contributed by atoms with Crippen LogP contribution in [0.2, 0.25) is 0 Å². The van der Waals surface area contributed by atoms with Crippen molar-refractivity contribution < 1.29 is 9.72 Å². The molecule has 2 aromatic carbocycles. The van der Waals surface area contributed by atoms with Crippen LogP contribution >= 0.6 is 27.3 Å². The van der Waals surface area contributed by atoms with Crippen molar-refractivity contribution in [3.05, 3.63) is 79.4 Å². The van der Waals surface area contributed by atoms with Gasteiger partial charge in [0.15, 0.2) is 0 Å². The maximum absolute atomic E-state index is 12.7. The van der Waals surface area contributed by atoms with Crippen molar-refractivity contribution in [2.24, 2.45) is 0 Å². The van der Waals surface area contributed by atoms with Crippen molar-refractivity contribution in [3.63, 3.8) is 0 Å². The van der Waals surface area contributed by atoms with Gasteiger partial charge in [-0.3, -0.25) is 14.9 Å². The molecule has 4 rings (SSSR count). The number of piperazine rings is 1. The first-order valence-electron chi connectivity index (χ1n) is 9.41. The zero-order chi connectivity index (χ0) is 21.1. The lowest BCUT2D eigenvalue weighted by molar-refractivity contribution is -0.383. The molecule has 2 heterocycles. The van der Waals surface area contributed by atoms with Gasteiger partial charge < -0.3 is 15.1 Å². The van der Waals surface area contributed by atoms with E-state index in [0.717, 1.165) is 20.7 Å². The molecule has 1 aromatic heterocycles. The number of para-hydroxylation sites is 4. The second-order valence-electron chi connectivity index (χ2n) is 6.79. The lowest BCUT2D eigenvalue weighted by Crippen LogP contribution is -2.48. The molecule has 3 aromatic rings. The summed E-state index contributed by atoms with van der Waals surface area (Å²) in [5.41, 5.74) is 2.24. The zero-order valence-electron chi connectivity index (χ0n) is 16.0. The smallest absolute Gasteiger partial charge is 0.292 e. The predicted molar refractivity (Wildman–Crippen MR) is 123 cm³/mol. The fraction of sp³-hybridized carbons (Fsp3) is 0.190. The van der Waals surface area contributed by atoms with E-state index in [1.807, 2.05) is 40.6 Å². The van der Waals surface area contributed by atoms with E-state index in [1.54, 1.807) is 18.2 Å². The number of amides is 1. The van der Waals surface area contributed by atoms with E-state index < -0.39 is 4.92 Å². The molecule has 1 aliphatic rings. The first-order valence-corrected chi connectivity index (χ1v) is 11.1. The second kappa shape index (κ2) is 8.85. The highest BCUT2D eigenvalue weighted by Crippen LogP contribution is 2.33. The Morgan fingerprint density at radius 2 is 1.67 bits per heavy atom. The van der Waals surface area contributed by atoms with Gasteiger partial charge in [-0.05, 0) is 45.6 Å². The van der Waals surface area contributed by atoms with E-state index in [0.29, 0.717) is 31.9 Å². The number of nitro benzene ring substituents is 1. The van der Waals surface area contributed by atoms with Crippen molar-refractivity contribution in [1.82, 2.24) is 4.90 Å². The summed E-state index contributed by atoms with van der Waals surface area (Å²) in [5.74, 6) is 0.0443. The Morgan fingerprint density at radius 3 is 2.33 bits per heavy atom. The first-order chi connectivity index (χ1) is 14.5. The Labute approximate surface area is 186 Å². The van der Waals surface area contributed by atoms with Crippen LogP contribution in [-0.2, 0) is 0 Å². The van der Waals surface area contributed by atoms with Gasteiger partial charge in [-0.2, -0.15) is 0 Å². The minimum atomic E-state index is -0.391. The molecule has 0 radical (unpaired) electrons. The summed E-state index contributed by atoms with van der Waals surface area (Å²) in [5, 5.41) is 16.5. The molecule has 1 amide bonds.